The normalized spacial score (nSPS) is 14.8. The number of hydrogen-bond acceptors (Lipinski definition) is 4. The van der Waals surface area contributed by atoms with Crippen LogP contribution in [0.2, 0.25) is 5.02 Å². The molecule has 35 heavy (non-hydrogen) atoms. The third kappa shape index (κ3) is 4.71. The molecule has 0 unspecified atom stereocenters. The van der Waals surface area contributed by atoms with Gasteiger partial charge in [0.25, 0.3) is 11.1 Å². The van der Waals surface area contributed by atoms with Gasteiger partial charge in [0.05, 0.1) is 10.6 Å². The van der Waals surface area contributed by atoms with Gasteiger partial charge in [0, 0.05) is 33.4 Å². The third-order valence-corrected chi connectivity index (χ3v) is 6.55. The fraction of sp³-hybridized carbons (Fsp3) is 0.0385. The number of fused-ring (bicyclic) bond motifs is 1. The standard InChI is InChI=1S/C26H17ClFN3O3S/c27-17-5-11-20(12-6-17)31-25(33)23(35-26(31)34)13-16-14-30(22-4-2-1-3-21(16)22)15-24(32)29-19-9-7-18(28)8-10-19/h1-14H,15H2,(H,29,32)/b23-13+. The van der Waals surface area contributed by atoms with Crippen LogP contribution in [-0.2, 0) is 16.1 Å². The summed E-state index contributed by atoms with van der Waals surface area (Å²) in [5.74, 6) is -1.09. The largest absolute Gasteiger partial charge is 0.337 e. The Balaban J connectivity index is 1.42. The molecule has 174 valence electrons. The monoisotopic (exact) mass is 505 g/mol. The number of thioether (sulfide) groups is 1. The number of carbonyl (C=O) groups excluding carboxylic acids is 3. The van der Waals surface area contributed by atoms with Gasteiger partial charge < -0.3 is 9.88 Å². The van der Waals surface area contributed by atoms with Crippen LogP contribution in [0.1, 0.15) is 5.56 Å². The molecule has 4 aromatic rings. The summed E-state index contributed by atoms with van der Waals surface area (Å²) in [6, 6.07) is 19.5. The van der Waals surface area contributed by atoms with Crippen LogP contribution in [0.4, 0.5) is 20.6 Å². The van der Waals surface area contributed by atoms with Crippen molar-refractivity contribution in [1.82, 2.24) is 4.57 Å². The molecular weight excluding hydrogens is 489 g/mol. The molecule has 2 heterocycles. The first kappa shape index (κ1) is 22.9. The zero-order valence-corrected chi connectivity index (χ0v) is 19.6. The zero-order chi connectivity index (χ0) is 24.5. The first-order chi connectivity index (χ1) is 16.9. The quantitative estimate of drug-likeness (QED) is 0.322. The van der Waals surface area contributed by atoms with Crippen LogP contribution in [0.15, 0.2) is 83.9 Å². The number of hydrogen-bond donors (Lipinski definition) is 1. The van der Waals surface area contributed by atoms with E-state index in [1.807, 2.05) is 24.3 Å². The molecule has 5 rings (SSSR count). The number of benzene rings is 3. The Kier molecular flexibility index (Phi) is 6.15. The molecule has 0 saturated carbocycles. The second-order valence-electron chi connectivity index (χ2n) is 7.78. The van der Waals surface area contributed by atoms with Gasteiger partial charge in [0.2, 0.25) is 5.91 Å². The second kappa shape index (κ2) is 9.40. The van der Waals surface area contributed by atoms with E-state index in [9.17, 15) is 18.8 Å². The van der Waals surface area contributed by atoms with E-state index < -0.39 is 11.1 Å². The highest BCUT2D eigenvalue weighted by atomic mass is 35.5. The predicted molar refractivity (Wildman–Crippen MR) is 137 cm³/mol. The van der Waals surface area contributed by atoms with Crippen molar-refractivity contribution in [2.24, 2.45) is 0 Å². The highest BCUT2D eigenvalue weighted by Gasteiger charge is 2.36. The number of amides is 3. The van der Waals surface area contributed by atoms with Gasteiger partial charge in [-0.3, -0.25) is 14.4 Å². The van der Waals surface area contributed by atoms with Crippen molar-refractivity contribution in [2.45, 2.75) is 6.54 Å². The smallest absolute Gasteiger partial charge is 0.298 e. The summed E-state index contributed by atoms with van der Waals surface area (Å²) in [5.41, 5.74) is 2.44. The molecule has 0 bridgehead atoms. The molecule has 1 fully saturated rings. The van der Waals surface area contributed by atoms with Crippen molar-refractivity contribution < 1.29 is 18.8 Å². The first-order valence-electron chi connectivity index (χ1n) is 10.6. The van der Waals surface area contributed by atoms with E-state index in [-0.39, 0.29) is 23.2 Å². The Bertz CT molecular complexity index is 1500. The molecule has 1 saturated heterocycles. The molecule has 1 aliphatic heterocycles. The number of halogens is 2. The number of nitrogens with zero attached hydrogens (tertiary/aromatic N) is 2. The Morgan fingerprint density at radius 2 is 1.71 bits per heavy atom. The lowest BCUT2D eigenvalue weighted by molar-refractivity contribution is -0.116. The average molecular weight is 506 g/mol. The van der Waals surface area contributed by atoms with E-state index in [1.54, 1.807) is 41.1 Å². The summed E-state index contributed by atoms with van der Waals surface area (Å²) < 4.78 is 14.9. The number of imide groups is 1. The molecule has 1 aromatic heterocycles. The fourth-order valence-electron chi connectivity index (χ4n) is 3.83. The number of aromatic nitrogens is 1. The maximum Gasteiger partial charge on any atom is 0.298 e. The Hall–Kier alpha value is -3.88. The van der Waals surface area contributed by atoms with Crippen molar-refractivity contribution in [2.75, 3.05) is 10.2 Å². The summed E-state index contributed by atoms with van der Waals surface area (Å²) in [6.07, 6.45) is 3.43. The van der Waals surface area contributed by atoms with E-state index in [0.717, 1.165) is 27.6 Å². The number of rotatable bonds is 5. The summed E-state index contributed by atoms with van der Waals surface area (Å²) in [6.45, 7) is 0.0119. The highest BCUT2D eigenvalue weighted by molar-refractivity contribution is 8.19. The van der Waals surface area contributed by atoms with E-state index in [4.69, 9.17) is 11.6 Å². The lowest BCUT2D eigenvalue weighted by Gasteiger charge is -2.12. The minimum atomic E-state index is -0.423. The number of anilines is 2. The van der Waals surface area contributed by atoms with Gasteiger partial charge in [-0.05, 0) is 72.4 Å². The molecule has 0 spiro atoms. The molecule has 9 heteroatoms. The van der Waals surface area contributed by atoms with Gasteiger partial charge in [-0.1, -0.05) is 29.8 Å². The maximum absolute atomic E-state index is 13.1. The lowest BCUT2D eigenvalue weighted by Crippen LogP contribution is -2.27. The Labute approximate surface area is 209 Å². The minimum Gasteiger partial charge on any atom is -0.337 e. The summed E-state index contributed by atoms with van der Waals surface area (Å²) in [7, 11) is 0. The van der Waals surface area contributed by atoms with Crippen molar-refractivity contribution in [3.63, 3.8) is 0 Å². The molecule has 0 atom stereocenters. The zero-order valence-electron chi connectivity index (χ0n) is 18.1. The van der Waals surface area contributed by atoms with Gasteiger partial charge in [0.15, 0.2) is 0 Å². The Morgan fingerprint density at radius 3 is 2.46 bits per heavy atom. The van der Waals surface area contributed by atoms with Gasteiger partial charge >= 0.3 is 0 Å². The van der Waals surface area contributed by atoms with Crippen molar-refractivity contribution in [1.29, 1.82) is 0 Å². The fourth-order valence-corrected chi connectivity index (χ4v) is 4.79. The molecule has 6 nitrogen and oxygen atoms in total. The van der Waals surface area contributed by atoms with Gasteiger partial charge in [-0.2, -0.15) is 0 Å². The van der Waals surface area contributed by atoms with Crippen molar-refractivity contribution in [3.05, 3.63) is 100 Å². The number of nitrogens with one attached hydrogen (secondary N) is 1. The van der Waals surface area contributed by atoms with E-state index in [1.165, 1.54) is 24.3 Å². The van der Waals surface area contributed by atoms with Crippen LogP contribution < -0.4 is 10.2 Å². The minimum absolute atomic E-state index is 0.0119. The van der Waals surface area contributed by atoms with Gasteiger partial charge in [0.1, 0.15) is 12.4 Å². The Morgan fingerprint density at radius 1 is 1.00 bits per heavy atom. The van der Waals surface area contributed by atoms with E-state index in [0.29, 0.717) is 22.0 Å². The topological polar surface area (TPSA) is 71.4 Å². The second-order valence-corrected chi connectivity index (χ2v) is 9.21. The van der Waals surface area contributed by atoms with Crippen molar-refractivity contribution >= 4 is 68.8 Å². The van der Waals surface area contributed by atoms with Gasteiger partial charge in [-0.25, -0.2) is 9.29 Å². The molecule has 0 aliphatic carbocycles. The van der Waals surface area contributed by atoms with Crippen LogP contribution in [0.5, 0.6) is 0 Å². The summed E-state index contributed by atoms with van der Waals surface area (Å²) >= 11 is 6.78. The first-order valence-corrected chi connectivity index (χ1v) is 11.8. The van der Waals surface area contributed by atoms with Crippen LogP contribution in [-0.4, -0.2) is 21.6 Å². The van der Waals surface area contributed by atoms with Crippen LogP contribution >= 0.6 is 23.4 Å². The molecule has 3 aromatic carbocycles. The summed E-state index contributed by atoms with van der Waals surface area (Å²) in [4.78, 5) is 39.6. The molecule has 1 N–H and O–H groups in total. The SMILES string of the molecule is O=C(Cn1cc(/C=C2/SC(=O)N(c3ccc(Cl)cc3)C2=O)c2ccccc21)Nc1ccc(F)cc1. The molecule has 0 radical (unpaired) electrons. The van der Waals surface area contributed by atoms with Crippen LogP contribution in [0.25, 0.3) is 17.0 Å². The number of para-hydroxylation sites is 1. The molecule has 3 amide bonds. The van der Waals surface area contributed by atoms with E-state index >= 15 is 0 Å². The van der Waals surface area contributed by atoms with Crippen LogP contribution in [0, 0.1) is 5.82 Å². The average Bonchev–Trinajstić information content (AvgIpc) is 3.32. The van der Waals surface area contributed by atoms with Crippen LogP contribution in [0.3, 0.4) is 0 Å². The molecule has 1 aliphatic rings. The number of carbonyl (C=O) groups is 3. The van der Waals surface area contributed by atoms with E-state index in [2.05, 4.69) is 5.32 Å². The summed E-state index contributed by atoms with van der Waals surface area (Å²) in [5, 5.41) is 3.69. The predicted octanol–water partition coefficient (Wildman–Crippen LogP) is 6.31. The molecular formula is C26H17ClFN3O3S. The maximum atomic E-state index is 13.1. The highest BCUT2D eigenvalue weighted by Crippen LogP contribution is 2.37. The third-order valence-electron chi connectivity index (χ3n) is 5.43. The van der Waals surface area contributed by atoms with Crippen molar-refractivity contribution in [3.8, 4) is 0 Å². The lowest BCUT2D eigenvalue weighted by atomic mass is 10.1. The van der Waals surface area contributed by atoms with Gasteiger partial charge in [-0.15, -0.1) is 0 Å².